The zero-order chi connectivity index (χ0) is 21.3. The molecule has 0 aliphatic heterocycles. The average molecular weight is 437 g/mol. The Balaban J connectivity index is 1.75. The van der Waals surface area contributed by atoms with Crippen LogP contribution in [0.2, 0.25) is 0 Å². The molecule has 156 valence electrons. The Hall–Kier alpha value is -2.20. The van der Waals surface area contributed by atoms with Crippen molar-refractivity contribution in [3.05, 3.63) is 22.5 Å². The Morgan fingerprint density at radius 1 is 1.31 bits per heavy atom. The van der Waals surface area contributed by atoms with Crippen LogP contribution in [0.4, 0.5) is 5.13 Å². The van der Waals surface area contributed by atoms with E-state index in [4.69, 9.17) is 4.74 Å². The van der Waals surface area contributed by atoms with Gasteiger partial charge in [0.2, 0.25) is 11.0 Å². The van der Waals surface area contributed by atoms with Crippen LogP contribution in [0.3, 0.4) is 0 Å². The number of aryl methyl sites for hydroxylation is 1. The van der Waals surface area contributed by atoms with Gasteiger partial charge in [0, 0.05) is 18.2 Å². The van der Waals surface area contributed by atoms with Gasteiger partial charge in [-0.1, -0.05) is 30.0 Å². The fraction of sp³-hybridized carbons (Fsp3) is 0.526. The Kier molecular flexibility index (Phi) is 6.42. The maximum absolute atomic E-state index is 12.9. The number of nitrogens with one attached hydrogen (secondary N) is 1. The number of hydrogen-bond acceptors (Lipinski definition) is 8. The molecule has 1 N–H and O–H groups in total. The lowest BCUT2D eigenvalue weighted by Crippen LogP contribution is -2.32. The van der Waals surface area contributed by atoms with E-state index in [-0.39, 0.29) is 17.7 Å². The molecule has 2 heterocycles. The summed E-state index contributed by atoms with van der Waals surface area (Å²) in [5.41, 5.74) is 1.97. The highest BCUT2D eigenvalue weighted by Gasteiger charge is 2.35. The Morgan fingerprint density at radius 3 is 2.59 bits per heavy atom. The fourth-order valence-corrected chi connectivity index (χ4v) is 5.26. The normalized spacial score (nSPS) is 14.5. The van der Waals surface area contributed by atoms with Gasteiger partial charge in [0.25, 0.3) is 0 Å². The number of esters is 1. The van der Waals surface area contributed by atoms with E-state index in [1.807, 2.05) is 6.92 Å². The van der Waals surface area contributed by atoms with Gasteiger partial charge in [-0.3, -0.25) is 14.5 Å². The number of amides is 1. The van der Waals surface area contributed by atoms with Crippen LogP contribution in [0.1, 0.15) is 65.2 Å². The molecule has 1 atom stereocenters. The number of hydrogen-bond donors (Lipinski definition) is 1. The summed E-state index contributed by atoms with van der Waals surface area (Å²) in [6, 6.07) is 0.216. The molecule has 1 amide bonds. The van der Waals surface area contributed by atoms with Gasteiger partial charge in [0.05, 0.1) is 23.6 Å². The Bertz CT molecular complexity index is 948. The quantitative estimate of drug-likeness (QED) is 0.292. The Labute approximate surface area is 177 Å². The number of ketones is 1. The minimum Gasteiger partial charge on any atom is -0.465 e. The number of methoxy groups -OCH3 is 1. The molecule has 0 unspecified atom stereocenters. The van der Waals surface area contributed by atoms with Crippen LogP contribution in [-0.2, 0) is 9.53 Å². The van der Waals surface area contributed by atoms with Crippen molar-refractivity contribution in [2.24, 2.45) is 0 Å². The van der Waals surface area contributed by atoms with E-state index in [1.165, 1.54) is 30.2 Å². The summed E-state index contributed by atoms with van der Waals surface area (Å²) in [6.45, 7) is 7.09. The summed E-state index contributed by atoms with van der Waals surface area (Å²) in [6.07, 6.45) is 2.38. The van der Waals surface area contributed by atoms with Crippen molar-refractivity contribution in [1.82, 2.24) is 15.2 Å². The molecule has 10 heteroatoms. The van der Waals surface area contributed by atoms with Crippen LogP contribution < -0.4 is 4.90 Å². The zero-order valence-corrected chi connectivity index (χ0v) is 18.7. The number of rotatable bonds is 8. The Morgan fingerprint density at radius 2 is 2.00 bits per heavy atom. The van der Waals surface area contributed by atoms with Crippen molar-refractivity contribution in [1.29, 1.82) is 0 Å². The predicted molar refractivity (Wildman–Crippen MR) is 112 cm³/mol. The molecule has 1 aliphatic rings. The van der Waals surface area contributed by atoms with Gasteiger partial charge >= 0.3 is 5.97 Å². The molecule has 0 aromatic carbocycles. The lowest BCUT2D eigenvalue weighted by atomic mass is 10.1. The van der Waals surface area contributed by atoms with Crippen LogP contribution in [0.25, 0.3) is 0 Å². The number of anilines is 1. The van der Waals surface area contributed by atoms with Gasteiger partial charge < -0.3 is 9.72 Å². The molecule has 1 fully saturated rings. The highest BCUT2D eigenvalue weighted by Crippen LogP contribution is 2.37. The van der Waals surface area contributed by atoms with Crippen molar-refractivity contribution >= 4 is 45.9 Å². The van der Waals surface area contributed by atoms with Gasteiger partial charge in [0.15, 0.2) is 10.1 Å². The van der Waals surface area contributed by atoms with E-state index in [0.717, 1.165) is 12.8 Å². The summed E-state index contributed by atoms with van der Waals surface area (Å²) in [5, 5.41) is 8.49. The standard InChI is InChI=1S/C19H24N4O4S2/c1-6-13(24)23(12-7-8-12)18-21-22-19(29-18)28-11(4)16(25)15-9(2)14(10(3)20-15)17(26)27-5/h11-12,20H,6-8H2,1-5H3/t11-/m0/s1. The first-order valence-corrected chi connectivity index (χ1v) is 11.1. The number of thioether (sulfide) groups is 1. The molecule has 0 radical (unpaired) electrons. The van der Waals surface area contributed by atoms with Crippen LogP contribution in [0.15, 0.2) is 4.34 Å². The second kappa shape index (κ2) is 8.66. The van der Waals surface area contributed by atoms with Crippen molar-refractivity contribution < 1.29 is 19.1 Å². The molecular formula is C19H24N4O4S2. The van der Waals surface area contributed by atoms with Crippen molar-refractivity contribution in [3.8, 4) is 0 Å². The fourth-order valence-electron chi connectivity index (χ4n) is 3.13. The molecule has 29 heavy (non-hydrogen) atoms. The van der Waals surface area contributed by atoms with Gasteiger partial charge in [-0.2, -0.15) is 0 Å². The molecule has 1 saturated carbocycles. The number of aromatic nitrogens is 3. The molecule has 1 aliphatic carbocycles. The molecular weight excluding hydrogens is 412 g/mol. The summed E-state index contributed by atoms with van der Waals surface area (Å²) < 4.78 is 5.43. The molecule has 3 rings (SSSR count). The van der Waals surface area contributed by atoms with E-state index in [9.17, 15) is 14.4 Å². The third-order valence-corrected chi connectivity index (χ3v) is 6.91. The van der Waals surface area contributed by atoms with Crippen LogP contribution >= 0.6 is 23.1 Å². The third kappa shape index (κ3) is 4.37. The first kappa shape index (κ1) is 21.5. The predicted octanol–water partition coefficient (Wildman–Crippen LogP) is 3.54. The number of carbonyl (C=O) groups excluding carboxylic acids is 3. The van der Waals surface area contributed by atoms with Crippen molar-refractivity contribution in [3.63, 3.8) is 0 Å². The highest BCUT2D eigenvalue weighted by molar-refractivity contribution is 8.02. The highest BCUT2D eigenvalue weighted by atomic mass is 32.2. The van der Waals surface area contributed by atoms with E-state index in [2.05, 4.69) is 15.2 Å². The van der Waals surface area contributed by atoms with E-state index >= 15 is 0 Å². The largest absolute Gasteiger partial charge is 0.465 e. The second-order valence-electron chi connectivity index (χ2n) is 6.94. The minimum atomic E-state index is -0.467. The molecule has 0 spiro atoms. The monoisotopic (exact) mass is 436 g/mol. The average Bonchev–Trinajstić information content (AvgIpc) is 3.35. The first-order valence-electron chi connectivity index (χ1n) is 9.42. The van der Waals surface area contributed by atoms with Crippen molar-refractivity contribution in [2.75, 3.05) is 12.0 Å². The lowest BCUT2D eigenvalue weighted by molar-refractivity contribution is -0.118. The van der Waals surface area contributed by atoms with Crippen LogP contribution in [-0.4, -0.2) is 51.2 Å². The summed E-state index contributed by atoms with van der Waals surface area (Å²) in [5.74, 6) is -0.562. The number of nitrogens with zero attached hydrogens (tertiary/aromatic N) is 3. The van der Waals surface area contributed by atoms with Crippen molar-refractivity contribution in [2.45, 2.75) is 62.6 Å². The number of aromatic amines is 1. The maximum Gasteiger partial charge on any atom is 0.339 e. The number of ether oxygens (including phenoxy) is 1. The first-order chi connectivity index (χ1) is 13.8. The number of carbonyl (C=O) groups is 3. The van der Waals surface area contributed by atoms with Crippen LogP contribution in [0.5, 0.6) is 0 Å². The summed E-state index contributed by atoms with van der Waals surface area (Å²) >= 11 is 2.62. The number of Topliss-reactive ketones (excluding diaryl/α,β-unsaturated/α-hetero) is 1. The third-order valence-electron chi connectivity index (χ3n) is 4.81. The molecule has 8 nitrogen and oxygen atoms in total. The molecule has 0 bridgehead atoms. The van der Waals surface area contributed by atoms with Gasteiger partial charge in [-0.15, -0.1) is 10.2 Å². The topological polar surface area (TPSA) is 105 Å². The van der Waals surface area contributed by atoms with Crippen LogP contribution in [0, 0.1) is 13.8 Å². The number of H-pyrrole nitrogens is 1. The summed E-state index contributed by atoms with van der Waals surface area (Å²) in [4.78, 5) is 41.9. The second-order valence-corrected chi connectivity index (χ2v) is 9.48. The molecule has 0 saturated heterocycles. The summed E-state index contributed by atoms with van der Waals surface area (Å²) in [7, 11) is 1.31. The SMILES string of the molecule is CCC(=O)N(c1nnc(S[C@@H](C)C(=O)c2[nH]c(C)c(C(=O)OC)c2C)s1)C1CC1. The van der Waals surface area contributed by atoms with E-state index in [1.54, 1.807) is 25.7 Å². The molecule has 2 aromatic heterocycles. The van der Waals surface area contributed by atoms with E-state index in [0.29, 0.717) is 38.4 Å². The minimum absolute atomic E-state index is 0.0390. The van der Waals surface area contributed by atoms with Gasteiger partial charge in [-0.25, -0.2) is 4.79 Å². The van der Waals surface area contributed by atoms with E-state index < -0.39 is 11.2 Å². The smallest absolute Gasteiger partial charge is 0.339 e. The van der Waals surface area contributed by atoms with Gasteiger partial charge in [0.1, 0.15) is 0 Å². The zero-order valence-electron chi connectivity index (χ0n) is 17.1. The van der Waals surface area contributed by atoms with Gasteiger partial charge in [-0.05, 0) is 39.2 Å². The maximum atomic E-state index is 12.9. The lowest BCUT2D eigenvalue weighted by Gasteiger charge is -2.17. The molecule has 2 aromatic rings.